The van der Waals surface area contributed by atoms with Crippen molar-refractivity contribution in [2.75, 3.05) is 13.1 Å². The molecule has 1 aromatic rings. The Morgan fingerprint density at radius 2 is 1.74 bits per heavy atom. The summed E-state index contributed by atoms with van der Waals surface area (Å²) in [6.45, 7) is 1.36. The lowest BCUT2D eigenvalue weighted by Crippen LogP contribution is -2.45. The number of nitrogens with zero attached hydrogens (tertiary/aromatic N) is 1. The molecule has 2 N–H and O–H groups in total. The first-order valence-electron chi connectivity index (χ1n) is 6.54. The lowest BCUT2D eigenvalue weighted by atomic mass is 10.2. The van der Waals surface area contributed by atoms with Crippen LogP contribution in [0.3, 0.4) is 0 Å². The van der Waals surface area contributed by atoms with Crippen LogP contribution in [0.4, 0.5) is 0 Å². The number of ether oxygens (including phenoxy) is 1. The average molecular weight is 282 g/mol. The molecule has 0 amide bonds. The molecule has 2 unspecified atom stereocenters. The monoisotopic (exact) mass is 282 g/mol. The van der Waals surface area contributed by atoms with Gasteiger partial charge < -0.3 is 10.5 Å². The van der Waals surface area contributed by atoms with E-state index in [1.165, 1.54) is 0 Å². The van der Waals surface area contributed by atoms with E-state index in [1.54, 1.807) is 28.6 Å². The van der Waals surface area contributed by atoms with Crippen LogP contribution in [0.1, 0.15) is 18.4 Å². The summed E-state index contributed by atoms with van der Waals surface area (Å²) in [5, 5.41) is 0. The van der Waals surface area contributed by atoms with Crippen LogP contribution in [-0.4, -0.2) is 38.0 Å². The average Bonchev–Trinajstić information content (AvgIpc) is 2.77. The van der Waals surface area contributed by atoms with Gasteiger partial charge in [-0.1, -0.05) is 12.1 Å². The van der Waals surface area contributed by atoms with E-state index in [0.29, 0.717) is 24.5 Å². The number of fused-ring (bicyclic) bond motifs is 2. The lowest BCUT2D eigenvalue weighted by Gasteiger charge is -2.31. The third-order valence-corrected chi connectivity index (χ3v) is 5.65. The highest BCUT2D eigenvalue weighted by Crippen LogP contribution is 2.29. The molecule has 104 valence electrons. The van der Waals surface area contributed by atoms with Crippen LogP contribution in [-0.2, 0) is 21.3 Å². The Balaban J connectivity index is 1.85. The van der Waals surface area contributed by atoms with Gasteiger partial charge >= 0.3 is 0 Å². The van der Waals surface area contributed by atoms with Crippen LogP contribution in [0.2, 0.25) is 0 Å². The first kappa shape index (κ1) is 13.1. The SMILES string of the molecule is NCc1ccc(S(=O)(=O)N2CC3CCC(C2)O3)cc1. The molecule has 2 fully saturated rings. The molecule has 2 atom stereocenters. The van der Waals surface area contributed by atoms with Crippen molar-refractivity contribution in [3.63, 3.8) is 0 Å². The molecule has 2 aliphatic heterocycles. The minimum Gasteiger partial charge on any atom is -0.372 e. The quantitative estimate of drug-likeness (QED) is 0.885. The summed E-state index contributed by atoms with van der Waals surface area (Å²) in [6.07, 6.45) is 2.06. The van der Waals surface area contributed by atoms with Crippen LogP contribution in [0.25, 0.3) is 0 Å². The Bertz CT molecular complexity index is 544. The van der Waals surface area contributed by atoms with E-state index in [9.17, 15) is 8.42 Å². The number of nitrogens with two attached hydrogens (primary N) is 1. The third kappa shape index (κ3) is 2.41. The molecule has 2 bridgehead atoms. The fourth-order valence-corrected chi connectivity index (χ4v) is 4.22. The van der Waals surface area contributed by atoms with Gasteiger partial charge in [0.05, 0.1) is 17.1 Å². The van der Waals surface area contributed by atoms with Crippen molar-refractivity contribution >= 4 is 10.0 Å². The molecule has 2 aliphatic rings. The molecule has 2 saturated heterocycles. The van der Waals surface area contributed by atoms with Gasteiger partial charge in [-0.05, 0) is 30.5 Å². The molecule has 0 aromatic heterocycles. The van der Waals surface area contributed by atoms with Crippen LogP contribution >= 0.6 is 0 Å². The smallest absolute Gasteiger partial charge is 0.243 e. The number of hydrogen-bond acceptors (Lipinski definition) is 4. The van der Waals surface area contributed by atoms with E-state index in [1.807, 2.05) is 0 Å². The van der Waals surface area contributed by atoms with Gasteiger partial charge in [-0.25, -0.2) is 8.42 Å². The van der Waals surface area contributed by atoms with Gasteiger partial charge in [0.1, 0.15) is 0 Å². The second kappa shape index (κ2) is 4.86. The van der Waals surface area contributed by atoms with Crippen molar-refractivity contribution in [1.82, 2.24) is 4.31 Å². The molecule has 19 heavy (non-hydrogen) atoms. The maximum atomic E-state index is 12.5. The highest BCUT2D eigenvalue weighted by molar-refractivity contribution is 7.89. The summed E-state index contributed by atoms with van der Waals surface area (Å²) in [5.41, 5.74) is 6.45. The maximum absolute atomic E-state index is 12.5. The highest BCUT2D eigenvalue weighted by Gasteiger charge is 2.39. The molecule has 0 aliphatic carbocycles. The van der Waals surface area contributed by atoms with Crippen LogP contribution in [0.15, 0.2) is 29.2 Å². The first-order chi connectivity index (χ1) is 9.09. The van der Waals surface area contributed by atoms with Gasteiger partial charge in [-0.15, -0.1) is 0 Å². The molecule has 3 rings (SSSR count). The van der Waals surface area contributed by atoms with E-state index in [4.69, 9.17) is 10.5 Å². The fraction of sp³-hybridized carbons (Fsp3) is 0.538. The summed E-state index contributed by atoms with van der Waals surface area (Å²) >= 11 is 0. The molecule has 0 saturated carbocycles. The summed E-state index contributed by atoms with van der Waals surface area (Å²) in [4.78, 5) is 0.339. The van der Waals surface area contributed by atoms with E-state index < -0.39 is 10.0 Å². The largest absolute Gasteiger partial charge is 0.372 e. The molecule has 2 heterocycles. The highest BCUT2D eigenvalue weighted by atomic mass is 32.2. The zero-order chi connectivity index (χ0) is 13.5. The Kier molecular flexibility index (Phi) is 3.34. The third-order valence-electron chi connectivity index (χ3n) is 3.81. The second-order valence-corrected chi connectivity index (χ2v) is 7.07. The zero-order valence-corrected chi connectivity index (χ0v) is 11.5. The second-order valence-electron chi connectivity index (χ2n) is 5.13. The summed E-state index contributed by atoms with van der Waals surface area (Å²) in [5.74, 6) is 0. The minimum absolute atomic E-state index is 0.0665. The predicted molar refractivity (Wildman–Crippen MR) is 71.0 cm³/mol. The van der Waals surface area contributed by atoms with Crippen molar-refractivity contribution in [2.45, 2.75) is 36.5 Å². The summed E-state index contributed by atoms with van der Waals surface area (Å²) < 4.78 is 32.3. The molecule has 5 nitrogen and oxygen atoms in total. The number of rotatable bonds is 3. The van der Waals surface area contributed by atoms with Gasteiger partial charge in [0.25, 0.3) is 0 Å². The van der Waals surface area contributed by atoms with Crippen LogP contribution in [0, 0.1) is 0 Å². The molecule has 0 spiro atoms. The minimum atomic E-state index is -3.40. The van der Waals surface area contributed by atoms with Gasteiger partial charge in [-0.2, -0.15) is 4.31 Å². The van der Waals surface area contributed by atoms with Gasteiger partial charge in [0.2, 0.25) is 10.0 Å². The Labute approximate surface area is 113 Å². The predicted octanol–water partition coefficient (Wildman–Crippen LogP) is 0.697. The van der Waals surface area contributed by atoms with Crippen molar-refractivity contribution in [3.8, 4) is 0 Å². The first-order valence-corrected chi connectivity index (χ1v) is 7.98. The maximum Gasteiger partial charge on any atom is 0.243 e. The molecule has 6 heteroatoms. The lowest BCUT2D eigenvalue weighted by molar-refractivity contribution is -0.0114. The normalized spacial score (nSPS) is 27.6. The molecule has 0 radical (unpaired) electrons. The van der Waals surface area contributed by atoms with Crippen molar-refractivity contribution < 1.29 is 13.2 Å². The molecule has 1 aromatic carbocycles. The fourth-order valence-electron chi connectivity index (χ4n) is 2.72. The van der Waals surface area contributed by atoms with Crippen LogP contribution in [0.5, 0.6) is 0 Å². The number of sulfonamides is 1. The topological polar surface area (TPSA) is 72.6 Å². The number of hydrogen-bond donors (Lipinski definition) is 1. The van der Waals surface area contributed by atoms with E-state index in [0.717, 1.165) is 18.4 Å². The van der Waals surface area contributed by atoms with E-state index >= 15 is 0 Å². The number of benzene rings is 1. The van der Waals surface area contributed by atoms with E-state index in [-0.39, 0.29) is 12.2 Å². The summed E-state index contributed by atoms with van der Waals surface area (Å²) in [6, 6.07) is 6.80. The van der Waals surface area contributed by atoms with Gasteiger partial charge in [0.15, 0.2) is 0 Å². The Morgan fingerprint density at radius 3 is 2.26 bits per heavy atom. The van der Waals surface area contributed by atoms with Crippen molar-refractivity contribution in [3.05, 3.63) is 29.8 Å². The Hall–Kier alpha value is -0.950. The Morgan fingerprint density at radius 1 is 1.16 bits per heavy atom. The van der Waals surface area contributed by atoms with Crippen molar-refractivity contribution in [2.24, 2.45) is 5.73 Å². The van der Waals surface area contributed by atoms with Gasteiger partial charge in [0, 0.05) is 19.6 Å². The van der Waals surface area contributed by atoms with Crippen molar-refractivity contribution in [1.29, 1.82) is 0 Å². The molecular weight excluding hydrogens is 264 g/mol. The van der Waals surface area contributed by atoms with E-state index in [2.05, 4.69) is 0 Å². The summed E-state index contributed by atoms with van der Waals surface area (Å²) in [7, 11) is -3.40. The molecular formula is C13H18N2O3S. The van der Waals surface area contributed by atoms with Gasteiger partial charge in [-0.3, -0.25) is 0 Å². The number of morpholine rings is 1. The van der Waals surface area contributed by atoms with Crippen LogP contribution < -0.4 is 5.73 Å². The zero-order valence-electron chi connectivity index (χ0n) is 10.7. The standard InChI is InChI=1S/C13H18N2O3S/c14-7-10-1-5-13(6-2-10)19(16,17)15-8-11-3-4-12(9-15)18-11/h1-2,5-6,11-12H,3-4,7-9,14H2.